The van der Waals surface area contributed by atoms with Crippen molar-refractivity contribution in [1.82, 2.24) is 10.2 Å². The van der Waals surface area contributed by atoms with E-state index in [0.717, 1.165) is 37.6 Å². The average molecular weight is 431 g/mol. The highest BCUT2D eigenvalue weighted by molar-refractivity contribution is 14.1. The Morgan fingerprint density at radius 3 is 2.75 bits per heavy atom. The summed E-state index contributed by atoms with van der Waals surface area (Å²) in [6.45, 7) is 4.18. The largest absolute Gasteiger partial charge is 0.366 e. The number of alkyl halides is 1. The minimum absolute atomic E-state index is 0.354. The first-order chi connectivity index (χ1) is 11.5. The topological polar surface area (TPSA) is 68.9 Å². The van der Waals surface area contributed by atoms with E-state index in [1.54, 1.807) is 12.3 Å². The van der Waals surface area contributed by atoms with E-state index in [4.69, 9.17) is 5.73 Å². The lowest BCUT2D eigenvalue weighted by Gasteiger charge is -2.12. The molecule has 2 N–H and O–H groups in total. The molecular formula is C19H18IN3O. The number of rotatable bonds is 4. The van der Waals surface area contributed by atoms with Crippen molar-refractivity contribution in [3.8, 4) is 11.1 Å². The summed E-state index contributed by atoms with van der Waals surface area (Å²) in [4.78, 5) is 11.5. The number of carbonyl (C=O) groups is 1. The van der Waals surface area contributed by atoms with Crippen LogP contribution >= 0.6 is 22.6 Å². The normalized spacial score (nSPS) is 12.3. The van der Waals surface area contributed by atoms with Gasteiger partial charge < -0.3 is 5.73 Å². The van der Waals surface area contributed by atoms with E-state index in [0.29, 0.717) is 11.5 Å². The highest BCUT2D eigenvalue weighted by atomic mass is 127. The Morgan fingerprint density at radius 1 is 1.25 bits per heavy atom. The molecule has 2 aromatic carbocycles. The quantitative estimate of drug-likeness (QED) is 0.496. The number of hydrogen-bond donors (Lipinski definition) is 1. The molecule has 0 aliphatic rings. The standard InChI is InChI=1S/C19H18IN3O/c1-11-3-4-14(19(21)24)8-17(11)13-5-6-16-15(7-13)10-22-23-18(16)12(2)9-20/h3-8,10,12H,9H2,1-2H3,(H2,21,24). The molecule has 1 amide bonds. The maximum atomic E-state index is 11.5. The van der Waals surface area contributed by atoms with E-state index in [2.05, 4.69) is 57.9 Å². The summed E-state index contributed by atoms with van der Waals surface area (Å²) in [5.41, 5.74) is 10.1. The number of amides is 1. The van der Waals surface area contributed by atoms with Crippen molar-refractivity contribution in [2.75, 3.05) is 4.43 Å². The molecule has 0 aliphatic heterocycles. The fraction of sp³-hybridized carbons (Fsp3) is 0.211. The number of nitrogens with zero attached hydrogens (tertiary/aromatic N) is 2. The first-order valence-corrected chi connectivity index (χ1v) is 9.26. The Kier molecular flexibility index (Phi) is 4.80. The van der Waals surface area contributed by atoms with Gasteiger partial charge in [-0.15, -0.1) is 0 Å². The number of carbonyl (C=O) groups excluding carboxylic acids is 1. The number of aromatic nitrogens is 2. The third-order valence-electron chi connectivity index (χ3n) is 4.22. The lowest BCUT2D eigenvalue weighted by molar-refractivity contribution is 0.100. The Bertz CT molecular complexity index is 924. The van der Waals surface area contributed by atoms with Crippen LogP contribution in [0.15, 0.2) is 42.6 Å². The molecule has 0 saturated carbocycles. The second kappa shape index (κ2) is 6.84. The van der Waals surface area contributed by atoms with Crippen molar-refractivity contribution in [2.24, 2.45) is 5.73 Å². The van der Waals surface area contributed by atoms with Crippen molar-refractivity contribution in [1.29, 1.82) is 0 Å². The van der Waals surface area contributed by atoms with E-state index in [1.807, 2.05) is 19.1 Å². The monoisotopic (exact) mass is 431 g/mol. The van der Waals surface area contributed by atoms with Crippen molar-refractivity contribution >= 4 is 39.3 Å². The van der Waals surface area contributed by atoms with Gasteiger partial charge in [0, 0.05) is 26.7 Å². The molecule has 0 radical (unpaired) electrons. The average Bonchev–Trinajstić information content (AvgIpc) is 2.60. The van der Waals surface area contributed by atoms with Crippen LogP contribution in [0.3, 0.4) is 0 Å². The number of nitrogens with two attached hydrogens (primary N) is 1. The highest BCUT2D eigenvalue weighted by Gasteiger charge is 2.12. The lowest BCUT2D eigenvalue weighted by Crippen LogP contribution is -2.10. The van der Waals surface area contributed by atoms with Crippen molar-refractivity contribution in [3.63, 3.8) is 0 Å². The number of benzene rings is 2. The van der Waals surface area contributed by atoms with Crippen LogP contribution in [0.4, 0.5) is 0 Å². The second-order valence-electron chi connectivity index (χ2n) is 5.98. The van der Waals surface area contributed by atoms with Gasteiger partial charge in [-0.25, -0.2) is 0 Å². The highest BCUT2D eigenvalue weighted by Crippen LogP contribution is 2.30. The third-order valence-corrected chi connectivity index (χ3v) is 5.54. The first-order valence-electron chi connectivity index (χ1n) is 7.73. The molecule has 0 fully saturated rings. The van der Waals surface area contributed by atoms with Gasteiger partial charge in [0.2, 0.25) is 5.91 Å². The van der Waals surface area contributed by atoms with E-state index in [-0.39, 0.29) is 0 Å². The van der Waals surface area contributed by atoms with E-state index in [9.17, 15) is 4.79 Å². The molecule has 5 heteroatoms. The van der Waals surface area contributed by atoms with Gasteiger partial charge in [0.1, 0.15) is 0 Å². The number of hydrogen-bond acceptors (Lipinski definition) is 3. The Balaban J connectivity index is 2.16. The molecule has 0 bridgehead atoms. The minimum Gasteiger partial charge on any atom is -0.366 e. The number of fused-ring (bicyclic) bond motifs is 1. The molecular weight excluding hydrogens is 413 g/mol. The Labute approximate surface area is 154 Å². The SMILES string of the molecule is Cc1ccc(C(N)=O)cc1-c1ccc2c(C(C)CI)nncc2c1. The molecule has 24 heavy (non-hydrogen) atoms. The van der Waals surface area contributed by atoms with Crippen LogP contribution in [0.5, 0.6) is 0 Å². The van der Waals surface area contributed by atoms with Crippen LogP contribution in [-0.4, -0.2) is 20.5 Å². The third kappa shape index (κ3) is 3.13. The molecule has 0 spiro atoms. The van der Waals surface area contributed by atoms with Crippen LogP contribution in [0.1, 0.15) is 34.5 Å². The van der Waals surface area contributed by atoms with Gasteiger partial charge in [-0.2, -0.15) is 10.2 Å². The zero-order valence-electron chi connectivity index (χ0n) is 13.6. The van der Waals surface area contributed by atoms with Crippen LogP contribution in [0, 0.1) is 6.92 Å². The summed E-state index contributed by atoms with van der Waals surface area (Å²) in [6.07, 6.45) is 1.79. The molecule has 1 unspecified atom stereocenters. The number of halogens is 1. The van der Waals surface area contributed by atoms with Gasteiger partial charge in [-0.05, 0) is 41.8 Å². The van der Waals surface area contributed by atoms with Crippen molar-refractivity contribution in [2.45, 2.75) is 19.8 Å². The van der Waals surface area contributed by atoms with E-state index < -0.39 is 5.91 Å². The zero-order chi connectivity index (χ0) is 17.3. The summed E-state index contributed by atoms with van der Waals surface area (Å²) >= 11 is 2.37. The molecule has 1 aromatic heterocycles. The van der Waals surface area contributed by atoms with E-state index >= 15 is 0 Å². The fourth-order valence-electron chi connectivity index (χ4n) is 2.80. The van der Waals surface area contributed by atoms with Crippen molar-refractivity contribution in [3.05, 3.63) is 59.4 Å². The van der Waals surface area contributed by atoms with Crippen molar-refractivity contribution < 1.29 is 4.79 Å². The van der Waals surface area contributed by atoms with Crippen LogP contribution in [0.2, 0.25) is 0 Å². The molecule has 0 saturated heterocycles. The smallest absolute Gasteiger partial charge is 0.248 e. The van der Waals surface area contributed by atoms with Gasteiger partial charge in [0.15, 0.2) is 0 Å². The lowest BCUT2D eigenvalue weighted by atomic mass is 9.95. The Morgan fingerprint density at radius 2 is 2.04 bits per heavy atom. The molecule has 3 rings (SSSR count). The van der Waals surface area contributed by atoms with E-state index in [1.165, 1.54) is 0 Å². The molecule has 3 aromatic rings. The van der Waals surface area contributed by atoms with Crippen LogP contribution in [0.25, 0.3) is 21.9 Å². The summed E-state index contributed by atoms with van der Waals surface area (Å²) < 4.78 is 0.993. The maximum absolute atomic E-state index is 11.5. The van der Waals surface area contributed by atoms with Gasteiger partial charge in [-0.1, -0.05) is 47.7 Å². The van der Waals surface area contributed by atoms with Crippen LogP contribution in [-0.2, 0) is 0 Å². The minimum atomic E-state index is -0.416. The summed E-state index contributed by atoms with van der Waals surface area (Å²) in [5.74, 6) is -0.0614. The number of aryl methyl sites for hydroxylation is 1. The molecule has 4 nitrogen and oxygen atoms in total. The van der Waals surface area contributed by atoms with Gasteiger partial charge in [-0.3, -0.25) is 4.79 Å². The molecule has 1 atom stereocenters. The second-order valence-corrected chi connectivity index (χ2v) is 6.86. The Hall–Kier alpha value is -2.02. The molecule has 122 valence electrons. The summed E-state index contributed by atoms with van der Waals surface area (Å²) in [6, 6.07) is 11.8. The predicted octanol–water partition coefficient (Wildman–Crippen LogP) is 4.24. The molecule has 1 heterocycles. The zero-order valence-corrected chi connectivity index (χ0v) is 15.7. The number of primary amides is 1. The van der Waals surface area contributed by atoms with Gasteiger partial charge >= 0.3 is 0 Å². The summed E-state index contributed by atoms with van der Waals surface area (Å²) in [7, 11) is 0. The molecule has 0 aliphatic carbocycles. The van der Waals surface area contributed by atoms with Gasteiger partial charge in [0.25, 0.3) is 0 Å². The van der Waals surface area contributed by atoms with Crippen LogP contribution < -0.4 is 5.73 Å². The fourth-order valence-corrected chi connectivity index (χ4v) is 3.22. The first kappa shape index (κ1) is 16.8. The maximum Gasteiger partial charge on any atom is 0.248 e. The van der Waals surface area contributed by atoms with Gasteiger partial charge in [0.05, 0.1) is 11.9 Å². The predicted molar refractivity (Wildman–Crippen MR) is 106 cm³/mol. The summed E-state index contributed by atoms with van der Waals surface area (Å²) in [5, 5.41) is 10.7.